The van der Waals surface area contributed by atoms with Gasteiger partial charge in [-0.3, -0.25) is 10.1 Å². The highest BCUT2D eigenvalue weighted by molar-refractivity contribution is 6.31. The van der Waals surface area contributed by atoms with E-state index in [0.717, 1.165) is 11.3 Å². The molecule has 0 saturated carbocycles. The van der Waals surface area contributed by atoms with Crippen molar-refractivity contribution >= 4 is 17.3 Å². The Morgan fingerprint density at radius 1 is 1.19 bits per heavy atom. The summed E-state index contributed by atoms with van der Waals surface area (Å²) in [5.41, 5.74) is 1.94. The molecule has 21 heavy (non-hydrogen) atoms. The summed E-state index contributed by atoms with van der Waals surface area (Å²) in [6.45, 7) is 4.54. The van der Waals surface area contributed by atoms with Gasteiger partial charge >= 0.3 is 0 Å². The first-order valence-electron chi connectivity index (χ1n) is 6.63. The van der Waals surface area contributed by atoms with E-state index in [4.69, 9.17) is 16.3 Å². The molecule has 5 heteroatoms. The number of nitro groups is 1. The Hall–Kier alpha value is -2.07. The Labute approximate surface area is 128 Å². The maximum Gasteiger partial charge on any atom is 0.270 e. The average Bonchev–Trinajstić information content (AvgIpc) is 2.46. The lowest BCUT2D eigenvalue weighted by Crippen LogP contribution is -1.98. The molecule has 0 spiro atoms. The van der Waals surface area contributed by atoms with Gasteiger partial charge in [0.25, 0.3) is 5.69 Å². The van der Waals surface area contributed by atoms with Crippen molar-refractivity contribution in [2.75, 3.05) is 0 Å². The van der Waals surface area contributed by atoms with Gasteiger partial charge in [0.15, 0.2) is 0 Å². The van der Waals surface area contributed by atoms with Crippen molar-refractivity contribution < 1.29 is 9.66 Å². The van der Waals surface area contributed by atoms with Crippen molar-refractivity contribution in [3.8, 4) is 5.75 Å². The molecule has 110 valence electrons. The monoisotopic (exact) mass is 305 g/mol. The van der Waals surface area contributed by atoms with Gasteiger partial charge in [0, 0.05) is 17.7 Å². The molecule has 0 radical (unpaired) electrons. The summed E-state index contributed by atoms with van der Waals surface area (Å²) in [4.78, 5) is 10.2. The van der Waals surface area contributed by atoms with Crippen molar-refractivity contribution in [3.05, 3.63) is 68.7 Å². The minimum absolute atomic E-state index is 0.0231. The summed E-state index contributed by atoms with van der Waals surface area (Å²) in [5, 5.41) is 11.0. The molecule has 0 unspecified atom stereocenters. The minimum Gasteiger partial charge on any atom is -0.489 e. The predicted molar refractivity (Wildman–Crippen MR) is 83.0 cm³/mol. The van der Waals surface area contributed by atoms with Crippen LogP contribution in [0.1, 0.15) is 30.9 Å². The third-order valence-electron chi connectivity index (χ3n) is 3.19. The lowest BCUT2D eigenvalue weighted by Gasteiger charge is -2.10. The molecule has 2 rings (SSSR count). The van der Waals surface area contributed by atoms with Gasteiger partial charge in [-0.05, 0) is 29.7 Å². The van der Waals surface area contributed by atoms with E-state index in [1.54, 1.807) is 6.07 Å². The normalized spacial score (nSPS) is 10.7. The van der Waals surface area contributed by atoms with E-state index in [1.807, 2.05) is 24.3 Å². The summed E-state index contributed by atoms with van der Waals surface area (Å²) >= 11 is 6.02. The van der Waals surface area contributed by atoms with Crippen LogP contribution in [0.15, 0.2) is 42.5 Å². The van der Waals surface area contributed by atoms with Gasteiger partial charge in [-0.15, -0.1) is 0 Å². The number of benzene rings is 2. The first kappa shape index (κ1) is 15.3. The minimum atomic E-state index is -0.471. The van der Waals surface area contributed by atoms with Gasteiger partial charge in [-0.1, -0.05) is 37.6 Å². The van der Waals surface area contributed by atoms with Crippen LogP contribution in [0.5, 0.6) is 5.75 Å². The first-order chi connectivity index (χ1) is 9.97. The second kappa shape index (κ2) is 6.59. The molecule has 0 aromatic heterocycles. The molecule has 0 N–H and O–H groups in total. The van der Waals surface area contributed by atoms with Gasteiger partial charge in [0.1, 0.15) is 12.4 Å². The SMILES string of the molecule is CC(C)c1ccc(OCc2ccc([N+](=O)[O-])cc2Cl)cc1. The van der Waals surface area contributed by atoms with Gasteiger partial charge in [0.2, 0.25) is 0 Å². The third-order valence-corrected chi connectivity index (χ3v) is 3.54. The molecule has 0 aliphatic carbocycles. The van der Waals surface area contributed by atoms with Crippen LogP contribution in [0, 0.1) is 10.1 Å². The molecule has 0 heterocycles. The first-order valence-corrected chi connectivity index (χ1v) is 7.00. The quantitative estimate of drug-likeness (QED) is 0.580. The molecule has 0 saturated heterocycles. The van der Waals surface area contributed by atoms with E-state index < -0.39 is 4.92 Å². The highest BCUT2D eigenvalue weighted by Crippen LogP contribution is 2.24. The van der Waals surface area contributed by atoms with Gasteiger partial charge in [0.05, 0.1) is 9.95 Å². The maximum absolute atomic E-state index is 10.6. The molecule has 0 fully saturated rings. The Morgan fingerprint density at radius 2 is 1.86 bits per heavy atom. The topological polar surface area (TPSA) is 52.4 Å². The Morgan fingerprint density at radius 3 is 2.38 bits per heavy atom. The Balaban J connectivity index is 2.04. The molecule has 0 atom stereocenters. The fourth-order valence-electron chi connectivity index (χ4n) is 1.88. The Kier molecular flexibility index (Phi) is 4.81. The maximum atomic E-state index is 10.6. The van der Waals surface area contributed by atoms with E-state index >= 15 is 0 Å². The van der Waals surface area contributed by atoms with E-state index in [0.29, 0.717) is 10.9 Å². The van der Waals surface area contributed by atoms with Crippen molar-refractivity contribution in [1.29, 1.82) is 0 Å². The summed E-state index contributed by atoms with van der Waals surface area (Å²) in [7, 11) is 0. The number of nitro benzene ring substituents is 1. The number of rotatable bonds is 5. The number of halogens is 1. The molecule has 0 aliphatic rings. The molecule has 2 aromatic rings. The van der Waals surface area contributed by atoms with E-state index in [1.165, 1.54) is 17.7 Å². The lowest BCUT2D eigenvalue weighted by atomic mass is 10.0. The standard InChI is InChI=1S/C16H16ClNO3/c1-11(2)12-4-7-15(8-5-12)21-10-13-3-6-14(18(19)20)9-16(13)17/h3-9,11H,10H2,1-2H3. The summed E-state index contributed by atoms with van der Waals surface area (Å²) in [5.74, 6) is 1.22. The zero-order chi connectivity index (χ0) is 15.4. The number of nitrogens with zero attached hydrogens (tertiary/aromatic N) is 1. The lowest BCUT2D eigenvalue weighted by molar-refractivity contribution is -0.384. The largest absolute Gasteiger partial charge is 0.489 e. The van der Waals surface area contributed by atoms with Gasteiger partial charge in [-0.2, -0.15) is 0 Å². The Bertz CT molecular complexity index is 638. The number of hydrogen-bond acceptors (Lipinski definition) is 3. The second-order valence-corrected chi connectivity index (χ2v) is 5.45. The molecule has 0 amide bonds. The zero-order valence-corrected chi connectivity index (χ0v) is 12.6. The van der Waals surface area contributed by atoms with Crippen LogP contribution in [0.3, 0.4) is 0 Å². The molecule has 4 nitrogen and oxygen atoms in total. The fourth-order valence-corrected chi connectivity index (χ4v) is 2.11. The molecular weight excluding hydrogens is 290 g/mol. The zero-order valence-electron chi connectivity index (χ0n) is 11.9. The number of hydrogen-bond donors (Lipinski definition) is 0. The van der Waals surface area contributed by atoms with E-state index in [-0.39, 0.29) is 12.3 Å². The van der Waals surface area contributed by atoms with Crippen LogP contribution >= 0.6 is 11.6 Å². The second-order valence-electron chi connectivity index (χ2n) is 5.05. The van der Waals surface area contributed by atoms with Gasteiger partial charge in [-0.25, -0.2) is 0 Å². The van der Waals surface area contributed by atoms with Crippen LogP contribution in [-0.2, 0) is 6.61 Å². The smallest absolute Gasteiger partial charge is 0.270 e. The highest BCUT2D eigenvalue weighted by atomic mass is 35.5. The summed E-state index contributed by atoms with van der Waals surface area (Å²) in [6, 6.07) is 12.2. The van der Waals surface area contributed by atoms with Crippen LogP contribution in [-0.4, -0.2) is 4.92 Å². The van der Waals surface area contributed by atoms with E-state index in [9.17, 15) is 10.1 Å². The molecular formula is C16H16ClNO3. The van der Waals surface area contributed by atoms with Crippen LogP contribution in [0.4, 0.5) is 5.69 Å². The number of ether oxygens (including phenoxy) is 1. The van der Waals surface area contributed by atoms with E-state index in [2.05, 4.69) is 13.8 Å². The van der Waals surface area contributed by atoms with Crippen LogP contribution < -0.4 is 4.74 Å². The average molecular weight is 306 g/mol. The summed E-state index contributed by atoms with van der Waals surface area (Å²) in [6.07, 6.45) is 0. The predicted octanol–water partition coefficient (Wildman–Crippen LogP) is 4.95. The number of non-ortho nitro benzene ring substituents is 1. The molecule has 0 bridgehead atoms. The van der Waals surface area contributed by atoms with Crippen LogP contribution in [0.25, 0.3) is 0 Å². The van der Waals surface area contributed by atoms with Gasteiger partial charge < -0.3 is 4.74 Å². The van der Waals surface area contributed by atoms with Crippen LogP contribution in [0.2, 0.25) is 5.02 Å². The van der Waals surface area contributed by atoms with Crippen molar-refractivity contribution in [3.63, 3.8) is 0 Å². The fraction of sp³-hybridized carbons (Fsp3) is 0.250. The third kappa shape index (κ3) is 3.95. The molecule has 0 aliphatic heterocycles. The molecule has 2 aromatic carbocycles. The van der Waals surface area contributed by atoms with Crippen molar-refractivity contribution in [2.24, 2.45) is 0 Å². The summed E-state index contributed by atoms with van der Waals surface area (Å²) < 4.78 is 5.65. The van der Waals surface area contributed by atoms with Crippen molar-refractivity contribution in [1.82, 2.24) is 0 Å². The highest BCUT2D eigenvalue weighted by Gasteiger charge is 2.10. The van der Waals surface area contributed by atoms with Crippen molar-refractivity contribution in [2.45, 2.75) is 26.4 Å².